The van der Waals surface area contributed by atoms with E-state index >= 15 is 0 Å². The van der Waals surface area contributed by atoms with Gasteiger partial charge in [0, 0.05) is 60.9 Å². The van der Waals surface area contributed by atoms with Crippen molar-refractivity contribution in [2.75, 3.05) is 29.5 Å². The average molecular weight is 701 g/mol. The van der Waals surface area contributed by atoms with E-state index in [1.54, 1.807) is 33.9 Å². The van der Waals surface area contributed by atoms with E-state index in [0.717, 1.165) is 29.7 Å². The van der Waals surface area contributed by atoms with E-state index < -0.39 is 42.3 Å². The molecule has 0 aromatic heterocycles. The van der Waals surface area contributed by atoms with Gasteiger partial charge in [-0.2, -0.15) is 0 Å². The molecule has 0 saturated carbocycles. The fraction of sp³-hybridized carbons (Fsp3) is 0.432. The van der Waals surface area contributed by atoms with Crippen LogP contribution in [0, 0.1) is 16.0 Å². The summed E-state index contributed by atoms with van der Waals surface area (Å²) in [6.07, 6.45) is 1.32. The van der Waals surface area contributed by atoms with Crippen LogP contribution >= 0.6 is 0 Å². The number of carbonyl (C=O) groups excluding carboxylic acids is 3. The highest BCUT2D eigenvalue weighted by Gasteiger charge is 2.66. The van der Waals surface area contributed by atoms with Crippen LogP contribution in [0.2, 0.25) is 18.6 Å². The van der Waals surface area contributed by atoms with E-state index in [0.29, 0.717) is 24.2 Å². The number of nitro groups is 1. The van der Waals surface area contributed by atoms with Crippen LogP contribution in [-0.2, 0) is 37.8 Å². The number of amides is 3. The quantitative estimate of drug-likeness (QED) is 0.163. The summed E-state index contributed by atoms with van der Waals surface area (Å²) in [5, 5.41) is 21.8. The van der Waals surface area contributed by atoms with Crippen LogP contribution in [0.3, 0.4) is 0 Å². The molecule has 0 radical (unpaired) electrons. The maximum atomic E-state index is 14.8. The van der Waals surface area contributed by atoms with Gasteiger partial charge in [0.25, 0.3) is 11.6 Å². The standard InChI is InChI=1S/C37H44N4O8Si/c1-25-35(50(2,3)48)32(22-34(44)38(19-20-42)23-26-9-5-4-6-10-26)49-37(25)30-21-29(41(46)47)16-17-31(30)40(36(37)45)24-27-12-14-28(15-13-27)39-18-8-7-11-33(39)43/h4-6,9-10,12-17,21,25,32,35,42,48H,7-8,11,18-20,22-24H2,1-3H3/t25-,32+,35-,37+/m0/s1. The number of benzene rings is 3. The molecule has 6 rings (SSSR count). The number of anilines is 2. The molecule has 0 bridgehead atoms. The van der Waals surface area contributed by atoms with Crippen molar-refractivity contribution in [2.24, 2.45) is 5.92 Å². The van der Waals surface area contributed by atoms with Gasteiger partial charge in [0.15, 0.2) is 13.9 Å². The molecule has 4 atom stereocenters. The first-order chi connectivity index (χ1) is 23.8. The third-order valence-electron chi connectivity index (χ3n) is 10.4. The van der Waals surface area contributed by atoms with Gasteiger partial charge in [-0.1, -0.05) is 49.4 Å². The van der Waals surface area contributed by atoms with Gasteiger partial charge in [-0.3, -0.25) is 24.5 Å². The van der Waals surface area contributed by atoms with Gasteiger partial charge in [-0.25, -0.2) is 0 Å². The molecule has 3 aromatic carbocycles. The largest absolute Gasteiger partial charge is 0.432 e. The fourth-order valence-electron chi connectivity index (χ4n) is 8.10. The number of nitro benzene ring substituents is 1. The van der Waals surface area contributed by atoms with Gasteiger partial charge in [0.05, 0.1) is 36.3 Å². The number of aliphatic hydroxyl groups excluding tert-OH is 1. The predicted octanol–water partition coefficient (Wildman–Crippen LogP) is 4.87. The highest BCUT2D eigenvalue weighted by atomic mass is 28.4. The molecule has 50 heavy (non-hydrogen) atoms. The van der Waals surface area contributed by atoms with E-state index in [9.17, 15) is 34.4 Å². The Morgan fingerprint density at radius 3 is 2.42 bits per heavy atom. The number of hydrogen-bond donors (Lipinski definition) is 2. The molecule has 3 heterocycles. The number of fused-ring (bicyclic) bond motifs is 2. The first-order valence-corrected chi connectivity index (χ1v) is 20.2. The molecule has 264 valence electrons. The Kier molecular flexibility index (Phi) is 9.95. The van der Waals surface area contributed by atoms with Gasteiger partial charge < -0.3 is 29.3 Å². The Balaban J connectivity index is 1.34. The molecule has 2 N–H and O–H groups in total. The number of nitrogens with zero attached hydrogens (tertiary/aromatic N) is 4. The Morgan fingerprint density at radius 2 is 1.78 bits per heavy atom. The lowest BCUT2D eigenvalue weighted by Crippen LogP contribution is -2.46. The summed E-state index contributed by atoms with van der Waals surface area (Å²) in [5.74, 6) is -1.25. The SMILES string of the molecule is C[C@H]1[C@H]([Si](C)(C)O)[C@@H](CC(=O)N(CCO)Cc2ccccc2)O[C@]12C(=O)N(Cc1ccc(N3CCCCC3=O)cc1)c1ccc([N+](=O)[O-])cc12. The van der Waals surface area contributed by atoms with Crippen LogP contribution < -0.4 is 9.80 Å². The molecular weight excluding hydrogens is 657 g/mol. The van der Waals surface area contributed by atoms with Crippen molar-refractivity contribution in [3.8, 4) is 0 Å². The lowest BCUT2D eigenvalue weighted by atomic mass is 9.82. The van der Waals surface area contributed by atoms with E-state index in [2.05, 4.69) is 0 Å². The van der Waals surface area contributed by atoms with Crippen molar-refractivity contribution in [2.45, 2.75) is 76.0 Å². The van der Waals surface area contributed by atoms with E-state index in [4.69, 9.17) is 4.74 Å². The summed E-state index contributed by atoms with van der Waals surface area (Å²) >= 11 is 0. The van der Waals surface area contributed by atoms with Gasteiger partial charge >= 0.3 is 0 Å². The summed E-state index contributed by atoms with van der Waals surface area (Å²) in [7, 11) is -3.13. The zero-order valence-corrected chi connectivity index (χ0v) is 29.7. The molecule has 2 fully saturated rings. The highest BCUT2D eigenvalue weighted by Crippen LogP contribution is 2.60. The van der Waals surface area contributed by atoms with Crippen molar-refractivity contribution in [1.29, 1.82) is 0 Å². The summed E-state index contributed by atoms with van der Waals surface area (Å²) in [4.78, 5) is 69.2. The molecule has 3 aromatic rings. The number of non-ortho nitro benzene ring substituents is 1. The summed E-state index contributed by atoms with van der Waals surface area (Å²) in [5.41, 5.74) is 0.836. The summed E-state index contributed by atoms with van der Waals surface area (Å²) in [6, 6.07) is 21.2. The third-order valence-corrected chi connectivity index (χ3v) is 12.9. The topological polar surface area (TPSA) is 154 Å². The summed E-state index contributed by atoms with van der Waals surface area (Å²) < 4.78 is 6.77. The van der Waals surface area contributed by atoms with E-state index in [-0.39, 0.29) is 50.2 Å². The molecule has 0 aliphatic carbocycles. The monoisotopic (exact) mass is 700 g/mol. The van der Waals surface area contributed by atoms with Crippen molar-refractivity contribution in [1.82, 2.24) is 4.90 Å². The fourth-order valence-corrected chi connectivity index (χ4v) is 10.7. The normalized spacial score (nSPS) is 23.4. The van der Waals surface area contributed by atoms with Gasteiger partial charge in [0.2, 0.25) is 11.8 Å². The maximum Gasteiger partial charge on any atom is 0.269 e. The van der Waals surface area contributed by atoms with Crippen LogP contribution in [-0.4, -0.2) is 71.6 Å². The molecule has 12 nitrogen and oxygen atoms in total. The highest BCUT2D eigenvalue weighted by molar-refractivity contribution is 6.71. The minimum absolute atomic E-state index is 0.0843. The molecule has 0 unspecified atom stereocenters. The minimum atomic E-state index is -3.13. The summed E-state index contributed by atoms with van der Waals surface area (Å²) in [6.45, 7) is 6.26. The first-order valence-electron chi connectivity index (χ1n) is 17.2. The van der Waals surface area contributed by atoms with Crippen LogP contribution in [0.5, 0.6) is 0 Å². The molecule has 2 saturated heterocycles. The third kappa shape index (κ3) is 6.58. The van der Waals surface area contributed by atoms with E-state index in [1.807, 2.05) is 61.5 Å². The van der Waals surface area contributed by atoms with Gasteiger partial charge in [-0.15, -0.1) is 0 Å². The molecule has 3 amide bonds. The first kappa shape index (κ1) is 35.4. The number of carbonyl (C=O) groups is 3. The molecule has 1 spiro atoms. The Labute approximate surface area is 292 Å². The van der Waals surface area contributed by atoms with Crippen LogP contribution in [0.4, 0.5) is 17.1 Å². The zero-order valence-electron chi connectivity index (χ0n) is 28.7. The zero-order chi connectivity index (χ0) is 35.8. The second kappa shape index (κ2) is 14.1. The Hall–Kier alpha value is -4.43. The van der Waals surface area contributed by atoms with Crippen molar-refractivity contribution < 1.29 is 33.9 Å². The Morgan fingerprint density at radius 1 is 1.06 bits per heavy atom. The number of ether oxygens (including phenoxy) is 1. The van der Waals surface area contributed by atoms with Crippen LogP contribution in [0.1, 0.15) is 49.3 Å². The lowest BCUT2D eigenvalue weighted by Gasteiger charge is -2.32. The molecule has 13 heteroatoms. The number of aliphatic hydroxyl groups is 1. The van der Waals surface area contributed by atoms with Gasteiger partial charge in [-0.05, 0) is 55.3 Å². The maximum absolute atomic E-state index is 14.8. The Bertz CT molecular complexity index is 1770. The van der Waals surface area contributed by atoms with Crippen molar-refractivity contribution >= 4 is 43.1 Å². The lowest BCUT2D eigenvalue weighted by molar-refractivity contribution is -0.385. The van der Waals surface area contributed by atoms with Crippen LogP contribution in [0.15, 0.2) is 72.8 Å². The predicted molar refractivity (Wildman–Crippen MR) is 190 cm³/mol. The second-order valence-electron chi connectivity index (χ2n) is 14.1. The van der Waals surface area contributed by atoms with Crippen molar-refractivity contribution in [3.63, 3.8) is 0 Å². The molecule has 3 aliphatic rings. The van der Waals surface area contributed by atoms with Gasteiger partial charge in [0.1, 0.15) is 0 Å². The number of piperidine rings is 1. The smallest absolute Gasteiger partial charge is 0.269 e. The number of rotatable bonds is 11. The van der Waals surface area contributed by atoms with Crippen molar-refractivity contribution in [3.05, 3.63) is 99.6 Å². The average Bonchev–Trinajstić information content (AvgIpc) is 3.51. The second-order valence-corrected chi connectivity index (χ2v) is 18.1. The number of hydrogen-bond acceptors (Lipinski definition) is 8. The van der Waals surface area contributed by atoms with E-state index in [1.165, 1.54) is 12.1 Å². The van der Waals surface area contributed by atoms with Crippen LogP contribution in [0.25, 0.3) is 0 Å². The molecular formula is C37H44N4O8Si. The molecule has 3 aliphatic heterocycles. The minimum Gasteiger partial charge on any atom is -0.432 e.